The van der Waals surface area contributed by atoms with Crippen molar-refractivity contribution in [2.75, 3.05) is 19.5 Å². The van der Waals surface area contributed by atoms with E-state index in [4.69, 9.17) is 25.8 Å². The SMILES string of the molecule is COC1(COc2ccc(C(=O)OC(C)(C)C)cc2[N+](=O)[O-])SCCc2cc(Cl)ccc21. The Balaban J connectivity index is 1.87. The first kappa shape index (κ1) is 23.4. The second-order valence-corrected chi connectivity index (χ2v) is 9.88. The first-order valence-electron chi connectivity index (χ1n) is 9.67. The van der Waals surface area contributed by atoms with Crippen LogP contribution in [0.1, 0.15) is 42.3 Å². The quantitative estimate of drug-likeness (QED) is 0.322. The number of halogens is 1. The van der Waals surface area contributed by atoms with Crippen molar-refractivity contribution in [2.45, 2.75) is 37.7 Å². The van der Waals surface area contributed by atoms with Gasteiger partial charge in [0, 0.05) is 29.5 Å². The van der Waals surface area contributed by atoms with Crippen molar-refractivity contribution in [3.05, 3.63) is 68.2 Å². The van der Waals surface area contributed by atoms with Gasteiger partial charge in [-0.2, -0.15) is 0 Å². The normalized spacial score (nSPS) is 18.2. The van der Waals surface area contributed by atoms with Gasteiger partial charge in [0.25, 0.3) is 0 Å². The zero-order valence-electron chi connectivity index (χ0n) is 17.8. The Bertz CT molecular complexity index is 1010. The number of hydrogen-bond acceptors (Lipinski definition) is 7. The molecule has 0 radical (unpaired) electrons. The van der Waals surface area contributed by atoms with Gasteiger partial charge in [0.1, 0.15) is 12.2 Å². The number of nitrogens with zero attached hydrogens (tertiary/aromatic N) is 1. The zero-order valence-corrected chi connectivity index (χ0v) is 19.3. The van der Waals surface area contributed by atoms with E-state index in [-0.39, 0.29) is 23.6 Å². The highest BCUT2D eigenvalue weighted by Gasteiger charge is 2.39. The van der Waals surface area contributed by atoms with E-state index in [0.717, 1.165) is 23.3 Å². The monoisotopic (exact) mass is 465 g/mol. The summed E-state index contributed by atoms with van der Waals surface area (Å²) < 4.78 is 17.0. The number of nitro benzene ring substituents is 1. The lowest BCUT2D eigenvalue weighted by Crippen LogP contribution is -2.36. The van der Waals surface area contributed by atoms with Crippen molar-refractivity contribution in [1.29, 1.82) is 0 Å². The lowest BCUT2D eigenvalue weighted by molar-refractivity contribution is -0.386. The van der Waals surface area contributed by atoms with Gasteiger partial charge in [-0.05, 0) is 57.0 Å². The molecule has 0 N–H and O–H groups in total. The number of ether oxygens (including phenoxy) is 3. The van der Waals surface area contributed by atoms with Crippen LogP contribution in [0.5, 0.6) is 5.75 Å². The van der Waals surface area contributed by atoms with Gasteiger partial charge in [0.2, 0.25) is 0 Å². The summed E-state index contributed by atoms with van der Waals surface area (Å²) in [5.41, 5.74) is 1.06. The number of methoxy groups -OCH3 is 1. The fourth-order valence-electron chi connectivity index (χ4n) is 3.31. The zero-order chi connectivity index (χ0) is 22.8. The van der Waals surface area contributed by atoms with Gasteiger partial charge in [-0.25, -0.2) is 4.79 Å². The summed E-state index contributed by atoms with van der Waals surface area (Å²) in [6.07, 6.45) is 0.844. The lowest BCUT2D eigenvalue weighted by atomic mass is 9.99. The molecule has 1 heterocycles. The van der Waals surface area contributed by atoms with Gasteiger partial charge in [-0.3, -0.25) is 10.1 Å². The van der Waals surface area contributed by atoms with Gasteiger partial charge in [-0.15, -0.1) is 11.8 Å². The smallest absolute Gasteiger partial charge is 0.338 e. The van der Waals surface area contributed by atoms with E-state index >= 15 is 0 Å². The Morgan fingerprint density at radius 1 is 1.26 bits per heavy atom. The van der Waals surface area contributed by atoms with Crippen molar-refractivity contribution >= 4 is 35.0 Å². The summed E-state index contributed by atoms with van der Waals surface area (Å²) in [4.78, 5) is 22.5. The van der Waals surface area contributed by atoms with Crippen LogP contribution in [-0.2, 0) is 20.8 Å². The van der Waals surface area contributed by atoms with Crippen molar-refractivity contribution in [3.8, 4) is 5.75 Å². The number of fused-ring (bicyclic) bond motifs is 1. The van der Waals surface area contributed by atoms with Gasteiger partial charge >= 0.3 is 11.7 Å². The van der Waals surface area contributed by atoms with Crippen LogP contribution >= 0.6 is 23.4 Å². The first-order valence-corrected chi connectivity index (χ1v) is 11.0. The Hall–Kier alpha value is -2.29. The predicted molar refractivity (Wildman–Crippen MR) is 120 cm³/mol. The first-order chi connectivity index (χ1) is 14.5. The molecule has 0 saturated carbocycles. The predicted octanol–water partition coefficient (Wildman–Crippen LogP) is 5.37. The Morgan fingerprint density at radius 2 is 2.00 bits per heavy atom. The number of benzene rings is 2. The minimum Gasteiger partial charge on any atom is -0.482 e. The number of hydrogen-bond donors (Lipinski definition) is 0. The minimum absolute atomic E-state index is 0.0510. The molecule has 0 aromatic heterocycles. The maximum atomic E-state index is 12.3. The molecule has 2 aromatic rings. The molecule has 1 aliphatic heterocycles. The number of aryl methyl sites for hydroxylation is 1. The summed E-state index contributed by atoms with van der Waals surface area (Å²) in [5, 5.41) is 12.3. The van der Waals surface area contributed by atoms with Crippen LogP contribution in [0, 0.1) is 10.1 Å². The average molecular weight is 466 g/mol. The van der Waals surface area contributed by atoms with Crippen LogP contribution in [0.4, 0.5) is 5.69 Å². The van der Waals surface area contributed by atoms with E-state index in [0.29, 0.717) is 5.02 Å². The molecule has 166 valence electrons. The number of rotatable bonds is 6. The van der Waals surface area contributed by atoms with Crippen LogP contribution in [0.25, 0.3) is 0 Å². The van der Waals surface area contributed by atoms with Crippen LogP contribution in [0.2, 0.25) is 5.02 Å². The standard InChI is InChI=1S/C22H24ClNO6S/c1-21(2,3)30-20(25)15-5-8-19(18(12-15)24(26)27)29-13-22(28-4)17-7-6-16(23)11-14(17)9-10-31-22/h5-8,11-12H,9-10,13H2,1-4H3. The van der Waals surface area contributed by atoms with Crippen molar-refractivity contribution in [1.82, 2.24) is 0 Å². The molecular formula is C22H24ClNO6S. The molecule has 0 fully saturated rings. The molecule has 7 nitrogen and oxygen atoms in total. The average Bonchev–Trinajstić information content (AvgIpc) is 2.70. The fourth-order valence-corrected chi connectivity index (χ4v) is 4.77. The maximum absolute atomic E-state index is 12.3. The number of esters is 1. The van der Waals surface area contributed by atoms with E-state index in [1.54, 1.807) is 45.7 Å². The molecule has 3 rings (SSSR count). The summed E-state index contributed by atoms with van der Waals surface area (Å²) >= 11 is 7.70. The highest BCUT2D eigenvalue weighted by Crippen LogP contribution is 2.45. The van der Waals surface area contributed by atoms with Crippen LogP contribution < -0.4 is 4.74 Å². The Kier molecular flexibility index (Phi) is 6.83. The third-order valence-electron chi connectivity index (χ3n) is 4.72. The van der Waals surface area contributed by atoms with Crippen molar-refractivity contribution < 1.29 is 23.9 Å². The largest absolute Gasteiger partial charge is 0.482 e. The van der Waals surface area contributed by atoms with E-state index in [1.165, 1.54) is 18.2 Å². The van der Waals surface area contributed by atoms with Crippen LogP contribution in [0.15, 0.2) is 36.4 Å². The van der Waals surface area contributed by atoms with Gasteiger partial charge in [0.05, 0.1) is 10.5 Å². The molecular weight excluding hydrogens is 442 g/mol. The van der Waals surface area contributed by atoms with Crippen LogP contribution in [0.3, 0.4) is 0 Å². The van der Waals surface area contributed by atoms with E-state index in [9.17, 15) is 14.9 Å². The van der Waals surface area contributed by atoms with Gasteiger partial charge < -0.3 is 14.2 Å². The molecule has 0 aliphatic carbocycles. The summed E-state index contributed by atoms with van der Waals surface area (Å²) in [6, 6.07) is 9.64. The summed E-state index contributed by atoms with van der Waals surface area (Å²) in [7, 11) is 1.58. The number of carbonyl (C=O) groups excluding carboxylic acids is 1. The molecule has 0 bridgehead atoms. The number of carbonyl (C=O) groups is 1. The highest BCUT2D eigenvalue weighted by atomic mass is 35.5. The Labute approximate surface area is 190 Å². The third-order valence-corrected chi connectivity index (χ3v) is 6.34. The van der Waals surface area contributed by atoms with Crippen molar-refractivity contribution in [3.63, 3.8) is 0 Å². The topological polar surface area (TPSA) is 87.9 Å². The van der Waals surface area contributed by atoms with Gasteiger partial charge in [0.15, 0.2) is 10.7 Å². The Morgan fingerprint density at radius 3 is 2.65 bits per heavy atom. The molecule has 0 amide bonds. The molecule has 2 aromatic carbocycles. The van der Waals surface area contributed by atoms with E-state index in [2.05, 4.69) is 0 Å². The molecule has 1 aliphatic rings. The lowest BCUT2D eigenvalue weighted by Gasteiger charge is -2.37. The third kappa shape index (κ3) is 5.31. The molecule has 31 heavy (non-hydrogen) atoms. The van der Waals surface area contributed by atoms with E-state index < -0.39 is 21.4 Å². The van der Waals surface area contributed by atoms with Gasteiger partial charge in [-0.1, -0.05) is 17.7 Å². The number of thioether (sulfide) groups is 1. The second kappa shape index (κ2) is 9.06. The fraction of sp³-hybridized carbons (Fsp3) is 0.409. The van der Waals surface area contributed by atoms with E-state index in [1.807, 2.05) is 12.1 Å². The molecule has 1 atom stereocenters. The molecule has 9 heteroatoms. The summed E-state index contributed by atoms with van der Waals surface area (Å²) in [6.45, 7) is 5.24. The molecule has 0 saturated heterocycles. The van der Waals surface area contributed by atoms with Crippen molar-refractivity contribution in [2.24, 2.45) is 0 Å². The second-order valence-electron chi connectivity index (χ2n) is 8.09. The maximum Gasteiger partial charge on any atom is 0.338 e. The number of nitro groups is 1. The highest BCUT2D eigenvalue weighted by molar-refractivity contribution is 8.00. The minimum atomic E-state index is -0.824. The summed E-state index contributed by atoms with van der Waals surface area (Å²) in [5.74, 6) is 0.212. The van der Waals surface area contributed by atoms with Crippen LogP contribution in [-0.4, -0.2) is 36.0 Å². The molecule has 1 unspecified atom stereocenters. The molecule has 0 spiro atoms.